The number of amides is 2. The van der Waals surface area contributed by atoms with Gasteiger partial charge in [-0.15, -0.1) is 0 Å². The smallest absolute Gasteiger partial charge is 0.254 e. The topological polar surface area (TPSA) is 59.1 Å². The first-order valence-electron chi connectivity index (χ1n) is 8.76. The number of ether oxygens (including phenoxy) is 2. The Hall–Kier alpha value is -1.92. The molecule has 2 amide bonds. The number of anilines is 1. The van der Waals surface area contributed by atoms with Gasteiger partial charge in [0.05, 0.1) is 18.3 Å². The summed E-state index contributed by atoms with van der Waals surface area (Å²) in [5.41, 5.74) is 0.986. The predicted octanol–water partition coefficient (Wildman–Crippen LogP) is 2.08. The van der Waals surface area contributed by atoms with Crippen molar-refractivity contribution >= 4 is 17.5 Å². The second kappa shape index (κ2) is 7.14. The molecule has 2 saturated heterocycles. The van der Waals surface area contributed by atoms with Crippen LogP contribution in [0.2, 0.25) is 0 Å². The van der Waals surface area contributed by atoms with Gasteiger partial charge in [-0.2, -0.15) is 0 Å². The van der Waals surface area contributed by atoms with Gasteiger partial charge in [0.1, 0.15) is 0 Å². The molecule has 2 heterocycles. The fourth-order valence-corrected chi connectivity index (χ4v) is 3.63. The molecule has 2 aliphatic rings. The summed E-state index contributed by atoms with van der Waals surface area (Å²) in [5, 5.41) is 0. The standard InChI is InChI=1S/C19H26N2O4/c1-19(2)13-20(11-16(25-19)12-24-3)18(23)14-6-4-7-15(10-14)21-9-5-8-17(21)22/h4,6-7,10,16H,5,8-9,11-13H2,1-3H3/t16-/m0/s1. The summed E-state index contributed by atoms with van der Waals surface area (Å²) in [6.07, 6.45) is 1.31. The van der Waals surface area contributed by atoms with Gasteiger partial charge >= 0.3 is 0 Å². The van der Waals surface area contributed by atoms with Crippen molar-refractivity contribution in [2.24, 2.45) is 0 Å². The predicted molar refractivity (Wildman–Crippen MR) is 94.8 cm³/mol. The molecular weight excluding hydrogens is 320 g/mol. The van der Waals surface area contributed by atoms with Gasteiger partial charge in [0, 0.05) is 44.4 Å². The van der Waals surface area contributed by atoms with Crippen molar-refractivity contribution in [3.63, 3.8) is 0 Å². The summed E-state index contributed by atoms with van der Waals surface area (Å²) in [7, 11) is 1.63. The average Bonchev–Trinajstić information content (AvgIpc) is 2.99. The van der Waals surface area contributed by atoms with Crippen LogP contribution in [0, 0.1) is 0 Å². The van der Waals surface area contributed by atoms with E-state index in [-0.39, 0.29) is 17.9 Å². The van der Waals surface area contributed by atoms with Crippen molar-refractivity contribution in [3.05, 3.63) is 29.8 Å². The SMILES string of the molecule is COC[C@@H]1CN(C(=O)c2cccc(N3CCCC3=O)c2)CC(C)(C)O1. The molecule has 1 aromatic rings. The van der Waals surface area contributed by atoms with E-state index in [4.69, 9.17) is 9.47 Å². The molecule has 0 N–H and O–H groups in total. The summed E-state index contributed by atoms with van der Waals surface area (Å²) in [6, 6.07) is 7.35. The molecule has 2 fully saturated rings. The van der Waals surface area contributed by atoms with E-state index in [9.17, 15) is 9.59 Å². The van der Waals surface area contributed by atoms with Crippen LogP contribution in [0.5, 0.6) is 0 Å². The number of rotatable bonds is 4. The molecule has 0 radical (unpaired) electrons. The molecule has 0 bridgehead atoms. The summed E-state index contributed by atoms with van der Waals surface area (Å²) in [6.45, 7) is 6.16. The monoisotopic (exact) mass is 346 g/mol. The summed E-state index contributed by atoms with van der Waals surface area (Å²) in [5.74, 6) is 0.0863. The van der Waals surface area contributed by atoms with Crippen molar-refractivity contribution in [3.8, 4) is 0 Å². The van der Waals surface area contributed by atoms with E-state index < -0.39 is 5.60 Å². The number of morpholine rings is 1. The van der Waals surface area contributed by atoms with E-state index in [1.165, 1.54) is 0 Å². The van der Waals surface area contributed by atoms with Gasteiger partial charge in [0.15, 0.2) is 0 Å². The second-order valence-electron chi connectivity index (χ2n) is 7.34. The highest BCUT2D eigenvalue weighted by molar-refractivity contribution is 5.99. The molecule has 0 aromatic heterocycles. The van der Waals surface area contributed by atoms with Gasteiger partial charge < -0.3 is 19.3 Å². The highest BCUT2D eigenvalue weighted by atomic mass is 16.5. The number of nitrogens with zero attached hydrogens (tertiary/aromatic N) is 2. The van der Waals surface area contributed by atoms with Crippen LogP contribution in [0.25, 0.3) is 0 Å². The summed E-state index contributed by atoms with van der Waals surface area (Å²) >= 11 is 0. The first-order chi connectivity index (χ1) is 11.9. The van der Waals surface area contributed by atoms with Crippen LogP contribution >= 0.6 is 0 Å². The second-order valence-corrected chi connectivity index (χ2v) is 7.34. The van der Waals surface area contributed by atoms with E-state index >= 15 is 0 Å². The first-order valence-corrected chi connectivity index (χ1v) is 8.76. The fourth-order valence-electron chi connectivity index (χ4n) is 3.63. The van der Waals surface area contributed by atoms with Gasteiger partial charge in [-0.3, -0.25) is 9.59 Å². The van der Waals surface area contributed by atoms with Crippen LogP contribution in [0.15, 0.2) is 24.3 Å². The zero-order valence-corrected chi connectivity index (χ0v) is 15.2. The number of benzene rings is 1. The van der Waals surface area contributed by atoms with E-state index in [1.807, 2.05) is 36.9 Å². The average molecular weight is 346 g/mol. The number of hydrogen-bond acceptors (Lipinski definition) is 4. The molecule has 6 heteroatoms. The zero-order chi connectivity index (χ0) is 18.0. The lowest BCUT2D eigenvalue weighted by Crippen LogP contribution is -2.55. The van der Waals surface area contributed by atoms with Crippen molar-refractivity contribution in [2.75, 3.05) is 38.3 Å². The summed E-state index contributed by atoms with van der Waals surface area (Å²) in [4.78, 5) is 28.5. The number of carbonyl (C=O) groups is 2. The van der Waals surface area contributed by atoms with Crippen molar-refractivity contribution < 1.29 is 19.1 Å². The van der Waals surface area contributed by atoms with E-state index in [2.05, 4.69) is 0 Å². The normalized spacial score (nSPS) is 23.2. The Morgan fingerprint density at radius 2 is 2.20 bits per heavy atom. The maximum atomic E-state index is 13.0. The minimum atomic E-state index is -0.417. The van der Waals surface area contributed by atoms with Gasteiger partial charge in [-0.05, 0) is 38.5 Å². The van der Waals surface area contributed by atoms with Gasteiger partial charge in [-0.25, -0.2) is 0 Å². The highest BCUT2D eigenvalue weighted by Crippen LogP contribution is 2.26. The van der Waals surface area contributed by atoms with Crippen LogP contribution in [-0.2, 0) is 14.3 Å². The Kier molecular flexibility index (Phi) is 5.11. The number of methoxy groups -OCH3 is 1. The van der Waals surface area contributed by atoms with Gasteiger partial charge in [-0.1, -0.05) is 6.07 Å². The lowest BCUT2D eigenvalue weighted by Gasteiger charge is -2.42. The van der Waals surface area contributed by atoms with Gasteiger partial charge in [0.2, 0.25) is 5.91 Å². The molecule has 0 aliphatic carbocycles. The van der Waals surface area contributed by atoms with Crippen molar-refractivity contribution in [1.82, 2.24) is 4.90 Å². The Bertz CT molecular complexity index is 659. The molecular formula is C19H26N2O4. The summed E-state index contributed by atoms with van der Waals surface area (Å²) < 4.78 is 11.2. The van der Waals surface area contributed by atoms with E-state index in [1.54, 1.807) is 18.1 Å². The van der Waals surface area contributed by atoms with E-state index in [0.29, 0.717) is 31.7 Å². The third-order valence-corrected chi connectivity index (χ3v) is 4.60. The quantitative estimate of drug-likeness (QED) is 0.837. The maximum absolute atomic E-state index is 13.0. The molecule has 0 saturated carbocycles. The largest absolute Gasteiger partial charge is 0.382 e. The van der Waals surface area contributed by atoms with Crippen LogP contribution in [-0.4, -0.2) is 61.8 Å². The number of hydrogen-bond donors (Lipinski definition) is 0. The maximum Gasteiger partial charge on any atom is 0.254 e. The van der Waals surface area contributed by atoms with Crippen LogP contribution in [0.1, 0.15) is 37.0 Å². The Morgan fingerprint density at radius 3 is 2.88 bits per heavy atom. The highest BCUT2D eigenvalue weighted by Gasteiger charge is 2.36. The molecule has 6 nitrogen and oxygen atoms in total. The van der Waals surface area contributed by atoms with E-state index in [0.717, 1.165) is 18.7 Å². The van der Waals surface area contributed by atoms with Crippen molar-refractivity contribution in [1.29, 1.82) is 0 Å². The number of carbonyl (C=O) groups excluding carboxylic acids is 2. The Balaban J connectivity index is 1.79. The van der Waals surface area contributed by atoms with Crippen LogP contribution in [0.4, 0.5) is 5.69 Å². The molecule has 1 atom stereocenters. The third kappa shape index (κ3) is 4.02. The lowest BCUT2D eigenvalue weighted by atomic mass is 10.0. The first kappa shape index (κ1) is 17.9. The molecule has 25 heavy (non-hydrogen) atoms. The minimum absolute atomic E-state index is 0.0361. The molecule has 136 valence electrons. The third-order valence-electron chi connectivity index (χ3n) is 4.60. The Morgan fingerprint density at radius 1 is 1.40 bits per heavy atom. The Labute approximate surface area is 148 Å². The van der Waals surface area contributed by atoms with Gasteiger partial charge in [0.25, 0.3) is 5.91 Å². The zero-order valence-electron chi connectivity index (χ0n) is 15.2. The van der Waals surface area contributed by atoms with Crippen LogP contribution in [0.3, 0.4) is 0 Å². The molecule has 1 aromatic carbocycles. The molecule has 0 unspecified atom stereocenters. The minimum Gasteiger partial charge on any atom is -0.382 e. The van der Waals surface area contributed by atoms with Crippen molar-refractivity contribution in [2.45, 2.75) is 38.4 Å². The lowest BCUT2D eigenvalue weighted by molar-refractivity contribution is -0.143. The molecule has 2 aliphatic heterocycles. The van der Waals surface area contributed by atoms with Crippen LogP contribution < -0.4 is 4.90 Å². The molecule has 0 spiro atoms. The molecule has 3 rings (SSSR count). The fraction of sp³-hybridized carbons (Fsp3) is 0.579.